The van der Waals surface area contributed by atoms with Crippen LogP contribution in [0, 0.1) is 18.3 Å². The molecule has 0 atom stereocenters. The highest BCUT2D eigenvalue weighted by molar-refractivity contribution is 4.73. The van der Waals surface area contributed by atoms with E-state index >= 15 is 0 Å². The van der Waals surface area contributed by atoms with Gasteiger partial charge in [0.15, 0.2) is 0 Å². The number of rotatable bonds is 1. The zero-order valence-electron chi connectivity index (χ0n) is 11.1. The van der Waals surface area contributed by atoms with E-state index in [9.17, 15) is 0 Å². The van der Waals surface area contributed by atoms with Gasteiger partial charge >= 0.3 is 0 Å². The molecule has 0 saturated heterocycles. The van der Waals surface area contributed by atoms with E-state index in [4.69, 9.17) is 0 Å². The van der Waals surface area contributed by atoms with Crippen molar-refractivity contribution in [2.45, 2.75) is 68.2 Å². The molecule has 0 aromatic carbocycles. The average Bonchev–Trinajstić information content (AvgIpc) is 2.11. The van der Waals surface area contributed by atoms with E-state index in [1.165, 1.54) is 12.8 Å². The van der Waals surface area contributed by atoms with Gasteiger partial charge in [-0.25, -0.2) is 0 Å². The first kappa shape index (κ1) is 22.9. The molecule has 0 heterocycles. The summed E-state index contributed by atoms with van der Waals surface area (Å²) in [5.74, 6) is 3.13. The molecule has 0 aliphatic carbocycles. The van der Waals surface area contributed by atoms with E-state index < -0.39 is 0 Å². The fourth-order valence-electron chi connectivity index (χ4n) is 0. The van der Waals surface area contributed by atoms with Crippen LogP contribution in [0.2, 0.25) is 0 Å². The summed E-state index contributed by atoms with van der Waals surface area (Å²) < 4.78 is 0. The first-order valence-corrected chi connectivity index (χ1v) is 5.47. The molecule has 0 unspecified atom stereocenters. The molecule has 0 amide bonds. The molecule has 0 aromatic rings. The minimum atomic E-state index is 0.884. The number of terminal acetylenes is 1. The molecular weight excluding hydrogens is 156 g/mol. The van der Waals surface area contributed by atoms with Crippen molar-refractivity contribution in [2.75, 3.05) is 0 Å². The Morgan fingerprint density at radius 2 is 1.15 bits per heavy atom. The number of hydrogen-bond acceptors (Lipinski definition) is 0. The summed E-state index contributed by atoms with van der Waals surface area (Å²) >= 11 is 0. The van der Waals surface area contributed by atoms with E-state index in [0.29, 0.717) is 0 Å². The monoisotopic (exact) mass is 186 g/mol. The van der Waals surface area contributed by atoms with Crippen molar-refractivity contribution >= 4 is 0 Å². The smallest absolute Gasteiger partial charge is 0.00297 e. The predicted octanol–water partition coefficient (Wildman–Crippen LogP) is 5.13. The van der Waals surface area contributed by atoms with E-state index in [1.54, 1.807) is 6.92 Å². The molecule has 0 N–H and O–H groups in total. The Kier molecular flexibility index (Phi) is 73.5. The van der Waals surface area contributed by atoms with Gasteiger partial charge in [0, 0.05) is 0 Å². The maximum atomic E-state index is 4.60. The van der Waals surface area contributed by atoms with Gasteiger partial charge in [0.25, 0.3) is 0 Å². The minimum Gasteiger partial charge on any atom is -0.120 e. The Morgan fingerprint density at radius 1 is 1.08 bits per heavy atom. The molecule has 0 fully saturated rings. The molecule has 13 heavy (non-hydrogen) atoms. The first-order valence-electron chi connectivity index (χ1n) is 5.47. The van der Waals surface area contributed by atoms with Crippen molar-refractivity contribution in [3.05, 3.63) is 0 Å². The third kappa shape index (κ3) is 434. The molecule has 0 aliphatic rings. The highest BCUT2D eigenvalue weighted by atomic mass is 13.9. The van der Waals surface area contributed by atoms with Crippen molar-refractivity contribution < 1.29 is 0 Å². The van der Waals surface area contributed by atoms with Crippen molar-refractivity contribution in [3.63, 3.8) is 0 Å². The molecular formula is C13H30. The largest absolute Gasteiger partial charge is 0.120 e. The normalized spacial score (nSPS) is 6.15. The van der Waals surface area contributed by atoms with Crippen molar-refractivity contribution in [1.29, 1.82) is 0 Å². The summed E-state index contributed by atoms with van der Waals surface area (Å²) in [5, 5.41) is 0. The second-order valence-corrected chi connectivity index (χ2v) is 2.80. The van der Waals surface area contributed by atoms with Gasteiger partial charge in [0.05, 0.1) is 0 Å². The van der Waals surface area contributed by atoms with Crippen LogP contribution >= 0.6 is 0 Å². The zero-order chi connectivity index (χ0) is 11.7. The van der Waals surface area contributed by atoms with Crippen LogP contribution in [0.3, 0.4) is 0 Å². The SMILES string of the molecule is C#CC.CC.CCC.CCC(C)C. The molecule has 0 rings (SSSR count). The Hall–Kier alpha value is -0.440. The maximum absolute atomic E-state index is 4.60. The van der Waals surface area contributed by atoms with Crippen LogP contribution < -0.4 is 0 Å². The molecule has 0 nitrogen and oxygen atoms in total. The highest BCUT2D eigenvalue weighted by Gasteiger charge is 1.80. The molecule has 0 bridgehead atoms. The third-order valence-corrected chi connectivity index (χ3v) is 0.816. The van der Waals surface area contributed by atoms with Gasteiger partial charge in [-0.05, 0) is 12.8 Å². The predicted molar refractivity (Wildman–Crippen MR) is 66.9 cm³/mol. The lowest BCUT2D eigenvalue weighted by Gasteiger charge is -1.90. The van der Waals surface area contributed by atoms with Gasteiger partial charge in [-0.2, -0.15) is 0 Å². The van der Waals surface area contributed by atoms with E-state index in [0.717, 1.165) is 5.92 Å². The standard InChI is InChI=1S/C5H12.C3H8.C3H4.C2H6/c1-4-5(2)3;2*1-3-2;1-2/h5H,4H2,1-3H3;3H2,1-2H3;1H,2H3;1-2H3. The second kappa shape index (κ2) is 41.7. The molecule has 0 aromatic heterocycles. The van der Waals surface area contributed by atoms with Crippen LogP contribution in [0.4, 0.5) is 0 Å². The summed E-state index contributed by atoms with van der Waals surface area (Å²) in [6, 6.07) is 0. The van der Waals surface area contributed by atoms with Gasteiger partial charge in [-0.15, -0.1) is 12.3 Å². The lowest BCUT2D eigenvalue weighted by atomic mass is 10.2. The molecule has 0 aliphatic heterocycles. The first-order chi connectivity index (χ1) is 6.10. The maximum Gasteiger partial charge on any atom is -0.00297 e. The second-order valence-electron chi connectivity index (χ2n) is 2.80. The highest BCUT2D eigenvalue weighted by Crippen LogP contribution is 1.93. The number of hydrogen-bond donors (Lipinski definition) is 0. The van der Waals surface area contributed by atoms with E-state index in [1.807, 2.05) is 13.8 Å². The van der Waals surface area contributed by atoms with E-state index in [-0.39, 0.29) is 0 Å². The lowest BCUT2D eigenvalue weighted by Crippen LogP contribution is -1.77. The molecule has 0 spiro atoms. The summed E-state index contributed by atoms with van der Waals surface area (Å²) in [5.41, 5.74) is 0. The molecule has 0 radical (unpaired) electrons. The fourth-order valence-corrected chi connectivity index (χ4v) is 0. The Morgan fingerprint density at radius 3 is 1.15 bits per heavy atom. The van der Waals surface area contributed by atoms with Crippen molar-refractivity contribution in [3.8, 4) is 12.3 Å². The van der Waals surface area contributed by atoms with Crippen LogP contribution in [0.25, 0.3) is 0 Å². The zero-order valence-corrected chi connectivity index (χ0v) is 11.1. The quantitative estimate of drug-likeness (QED) is 0.498. The molecule has 0 heteroatoms. The Bertz CT molecular complexity index is 64.6. The van der Waals surface area contributed by atoms with Gasteiger partial charge < -0.3 is 0 Å². The van der Waals surface area contributed by atoms with Crippen LogP contribution in [0.1, 0.15) is 68.2 Å². The topological polar surface area (TPSA) is 0 Å². The van der Waals surface area contributed by atoms with Gasteiger partial charge in [0.1, 0.15) is 0 Å². The molecule has 82 valence electrons. The van der Waals surface area contributed by atoms with Crippen LogP contribution in [0.15, 0.2) is 0 Å². The van der Waals surface area contributed by atoms with Gasteiger partial charge in [-0.1, -0.05) is 61.3 Å². The minimum absolute atomic E-state index is 0.884. The fraction of sp³-hybridized carbons (Fsp3) is 0.846. The average molecular weight is 186 g/mol. The van der Waals surface area contributed by atoms with Crippen LogP contribution in [-0.2, 0) is 0 Å². The Balaban J connectivity index is -0.0000000446. The third-order valence-electron chi connectivity index (χ3n) is 0.816. The summed E-state index contributed by atoms with van der Waals surface area (Å²) in [6.07, 6.45) is 7.15. The lowest BCUT2D eigenvalue weighted by molar-refractivity contribution is 0.626. The van der Waals surface area contributed by atoms with Gasteiger partial charge in [0.2, 0.25) is 0 Å². The summed E-state index contributed by atoms with van der Waals surface area (Å²) in [4.78, 5) is 0. The Labute approximate surface area is 87.1 Å². The molecule has 0 saturated carbocycles. The van der Waals surface area contributed by atoms with Crippen LogP contribution in [0.5, 0.6) is 0 Å². The van der Waals surface area contributed by atoms with E-state index in [2.05, 4.69) is 47.0 Å². The van der Waals surface area contributed by atoms with Crippen molar-refractivity contribution in [1.82, 2.24) is 0 Å². The van der Waals surface area contributed by atoms with Crippen LogP contribution in [-0.4, -0.2) is 0 Å². The van der Waals surface area contributed by atoms with Crippen molar-refractivity contribution in [2.24, 2.45) is 5.92 Å². The van der Waals surface area contributed by atoms with Gasteiger partial charge in [-0.3, -0.25) is 0 Å². The summed E-state index contributed by atoms with van der Waals surface area (Å²) in [6.45, 7) is 16.5. The summed E-state index contributed by atoms with van der Waals surface area (Å²) in [7, 11) is 0.